The number of carbonyl (C=O) groups excluding carboxylic acids is 1. The summed E-state index contributed by atoms with van der Waals surface area (Å²) < 4.78 is 22.7. The zero-order valence-electron chi connectivity index (χ0n) is 30.6. The molecule has 1 aliphatic carbocycles. The molecule has 296 valence electrons. The van der Waals surface area contributed by atoms with Crippen molar-refractivity contribution in [2.45, 2.75) is 204 Å². The first kappa shape index (κ1) is 47.1. The quantitative estimate of drug-likeness (QED) is 0.0286. The Balaban J connectivity index is 2.66. The molecule has 0 saturated heterocycles. The molecule has 8 atom stereocenters. The maximum Gasteiger partial charge on any atom is 0.472 e. The van der Waals surface area contributed by atoms with Gasteiger partial charge in [-0.2, -0.15) is 0 Å². The number of phosphoric ester groups is 1. The number of hydrogen-bond donors (Lipinski definition) is 9. The van der Waals surface area contributed by atoms with Crippen LogP contribution in [0.2, 0.25) is 0 Å². The van der Waals surface area contributed by atoms with Crippen molar-refractivity contribution in [1.82, 2.24) is 5.32 Å². The van der Waals surface area contributed by atoms with Gasteiger partial charge in [-0.25, -0.2) is 4.57 Å². The summed E-state index contributed by atoms with van der Waals surface area (Å²) in [7, 11) is -5.12. The lowest BCUT2D eigenvalue weighted by atomic mass is 9.85. The van der Waals surface area contributed by atoms with Crippen LogP contribution in [0.25, 0.3) is 0 Å². The monoisotopic (exact) mass is 739 g/mol. The number of amides is 1. The fraction of sp³-hybridized carbons (Fsp3) is 0.917. The summed E-state index contributed by atoms with van der Waals surface area (Å²) >= 11 is 0. The number of allylic oxidation sites excluding steroid dienone is 1. The summed E-state index contributed by atoms with van der Waals surface area (Å²) in [5, 5.41) is 73.9. The first-order chi connectivity index (χ1) is 23.8. The summed E-state index contributed by atoms with van der Waals surface area (Å²) in [6.07, 6.45) is 10.6. The average molecular weight is 740 g/mol. The van der Waals surface area contributed by atoms with Crippen LogP contribution in [0.3, 0.4) is 0 Å². The highest BCUT2D eigenvalue weighted by molar-refractivity contribution is 7.47. The Kier molecular flexibility index (Phi) is 26.0. The molecule has 14 heteroatoms. The highest BCUT2D eigenvalue weighted by atomic mass is 31.2. The fourth-order valence-corrected chi connectivity index (χ4v) is 7.09. The van der Waals surface area contributed by atoms with Gasteiger partial charge in [-0.1, -0.05) is 135 Å². The molecular formula is C36H70NO12P. The van der Waals surface area contributed by atoms with Gasteiger partial charge in [-0.05, 0) is 19.3 Å². The van der Waals surface area contributed by atoms with Crippen LogP contribution in [0.4, 0.5) is 0 Å². The molecular weight excluding hydrogens is 669 g/mol. The Hall–Kier alpha value is -0.960. The third-order valence-electron chi connectivity index (χ3n) is 9.37. The molecule has 1 rings (SSSR count). The smallest absolute Gasteiger partial charge is 0.393 e. The van der Waals surface area contributed by atoms with Crippen LogP contribution in [0.15, 0.2) is 12.2 Å². The largest absolute Gasteiger partial charge is 0.472 e. The number of aliphatic hydroxyl groups is 7. The minimum absolute atomic E-state index is 0.241. The summed E-state index contributed by atoms with van der Waals surface area (Å²) in [5.74, 6) is -0.597. The molecule has 0 aliphatic heterocycles. The summed E-state index contributed by atoms with van der Waals surface area (Å²) in [5.41, 5.74) is 0. The minimum Gasteiger partial charge on any atom is -0.393 e. The maximum atomic E-state index is 12.9. The molecule has 50 heavy (non-hydrogen) atoms. The van der Waals surface area contributed by atoms with Crippen LogP contribution in [0.1, 0.15) is 149 Å². The van der Waals surface area contributed by atoms with Crippen LogP contribution in [-0.4, -0.2) is 108 Å². The van der Waals surface area contributed by atoms with Crippen molar-refractivity contribution in [3.63, 3.8) is 0 Å². The standard InChI is InChI=1S/C36H70NO12P/c1-3-5-7-9-11-13-14-16-17-19-21-23-27(38)25-30(40)37-28(29(39)24-22-20-18-15-12-10-8-6-4-2)26-48-50(46,47)49-36-34(44)32(42)31(41)33(43)35(36)45/h22,24,27-29,31-36,38-39,41-45H,3-21,23,25-26H2,1-2H3,(H,37,40)(H,46,47)/b24-22+. The van der Waals surface area contributed by atoms with Gasteiger partial charge in [0.25, 0.3) is 0 Å². The molecule has 9 N–H and O–H groups in total. The van der Waals surface area contributed by atoms with E-state index in [0.717, 1.165) is 44.9 Å². The first-order valence-corrected chi connectivity index (χ1v) is 20.7. The molecule has 0 radical (unpaired) electrons. The Morgan fingerprint density at radius 2 is 1.14 bits per heavy atom. The topological polar surface area (TPSA) is 226 Å². The van der Waals surface area contributed by atoms with E-state index in [9.17, 15) is 50.0 Å². The highest BCUT2D eigenvalue weighted by Crippen LogP contribution is 2.47. The Morgan fingerprint density at radius 1 is 0.700 bits per heavy atom. The van der Waals surface area contributed by atoms with E-state index in [1.54, 1.807) is 6.08 Å². The maximum absolute atomic E-state index is 12.9. The summed E-state index contributed by atoms with van der Waals surface area (Å²) in [6, 6.07) is -1.23. The molecule has 0 bridgehead atoms. The lowest BCUT2D eigenvalue weighted by molar-refractivity contribution is -0.220. The van der Waals surface area contributed by atoms with E-state index in [0.29, 0.717) is 12.8 Å². The second kappa shape index (κ2) is 27.6. The van der Waals surface area contributed by atoms with E-state index < -0.39 is 75.2 Å². The number of rotatable bonds is 30. The first-order valence-electron chi connectivity index (χ1n) is 19.2. The number of hydrogen-bond acceptors (Lipinski definition) is 11. The normalized spacial score (nSPS) is 25.7. The van der Waals surface area contributed by atoms with Crippen molar-refractivity contribution < 1.29 is 59.0 Å². The van der Waals surface area contributed by atoms with E-state index in [-0.39, 0.29) is 6.42 Å². The minimum atomic E-state index is -5.12. The lowest BCUT2D eigenvalue weighted by Gasteiger charge is -2.41. The number of aliphatic hydroxyl groups excluding tert-OH is 7. The molecule has 0 heterocycles. The van der Waals surface area contributed by atoms with Crippen LogP contribution in [-0.2, 0) is 18.4 Å². The van der Waals surface area contributed by atoms with Gasteiger partial charge in [0.05, 0.1) is 31.3 Å². The van der Waals surface area contributed by atoms with Crippen LogP contribution >= 0.6 is 7.82 Å². The van der Waals surface area contributed by atoms with Crippen molar-refractivity contribution >= 4 is 13.7 Å². The molecule has 0 spiro atoms. The highest BCUT2D eigenvalue weighted by Gasteiger charge is 2.51. The Labute approximate surface area is 300 Å². The zero-order chi connectivity index (χ0) is 37.4. The second-order valence-corrected chi connectivity index (χ2v) is 15.4. The third kappa shape index (κ3) is 20.3. The van der Waals surface area contributed by atoms with Gasteiger partial charge < -0.3 is 46.0 Å². The SMILES string of the molecule is CCCCCCCCC/C=C/C(O)C(COP(=O)(O)OC1C(O)C(O)C(O)C(O)C1O)NC(=O)CC(O)CCCCCCCCCCCCC. The number of carbonyl (C=O) groups is 1. The molecule has 1 amide bonds. The van der Waals surface area contributed by atoms with E-state index in [4.69, 9.17) is 9.05 Å². The molecule has 1 aliphatic rings. The summed E-state index contributed by atoms with van der Waals surface area (Å²) in [4.78, 5) is 23.2. The average Bonchev–Trinajstić information content (AvgIpc) is 3.08. The van der Waals surface area contributed by atoms with E-state index >= 15 is 0 Å². The zero-order valence-corrected chi connectivity index (χ0v) is 31.5. The van der Waals surface area contributed by atoms with Gasteiger partial charge in [0.15, 0.2) is 0 Å². The number of unbranched alkanes of at least 4 members (excludes halogenated alkanes) is 17. The van der Waals surface area contributed by atoms with Crippen molar-refractivity contribution in [2.24, 2.45) is 0 Å². The van der Waals surface area contributed by atoms with Crippen molar-refractivity contribution in [2.75, 3.05) is 6.61 Å². The predicted molar refractivity (Wildman–Crippen MR) is 192 cm³/mol. The molecule has 0 aromatic heterocycles. The lowest BCUT2D eigenvalue weighted by Crippen LogP contribution is -2.64. The molecule has 1 fully saturated rings. The molecule has 8 unspecified atom stereocenters. The third-order valence-corrected chi connectivity index (χ3v) is 10.4. The van der Waals surface area contributed by atoms with Gasteiger partial charge >= 0.3 is 7.82 Å². The van der Waals surface area contributed by atoms with Gasteiger partial charge in [-0.3, -0.25) is 13.8 Å². The fourth-order valence-electron chi connectivity index (χ4n) is 6.12. The number of phosphoric acid groups is 1. The van der Waals surface area contributed by atoms with Crippen molar-refractivity contribution in [3.8, 4) is 0 Å². The van der Waals surface area contributed by atoms with Gasteiger partial charge in [0, 0.05) is 0 Å². The Bertz CT molecular complexity index is 927. The van der Waals surface area contributed by atoms with Gasteiger partial charge in [0.1, 0.15) is 36.6 Å². The van der Waals surface area contributed by atoms with E-state index in [1.165, 1.54) is 76.7 Å². The van der Waals surface area contributed by atoms with Crippen LogP contribution in [0, 0.1) is 0 Å². The Morgan fingerprint density at radius 3 is 1.64 bits per heavy atom. The molecule has 1 saturated carbocycles. The second-order valence-electron chi connectivity index (χ2n) is 14.0. The summed E-state index contributed by atoms with van der Waals surface area (Å²) in [6.45, 7) is 3.64. The van der Waals surface area contributed by atoms with Crippen LogP contribution < -0.4 is 5.32 Å². The predicted octanol–water partition coefficient (Wildman–Crippen LogP) is 4.30. The van der Waals surface area contributed by atoms with Gasteiger partial charge in [0.2, 0.25) is 5.91 Å². The van der Waals surface area contributed by atoms with Crippen molar-refractivity contribution in [3.05, 3.63) is 12.2 Å². The van der Waals surface area contributed by atoms with E-state index in [1.807, 2.05) is 0 Å². The molecule has 0 aromatic rings. The van der Waals surface area contributed by atoms with Gasteiger partial charge in [-0.15, -0.1) is 0 Å². The molecule has 13 nitrogen and oxygen atoms in total. The van der Waals surface area contributed by atoms with Crippen LogP contribution in [0.5, 0.6) is 0 Å². The van der Waals surface area contributed by atoms with Crippen molar-refractivity contribution in [1.29, 1.82) is 0 Å². The van der Waals surface area contributed by atoms with E-state index in [2.05, 4.69) is 19.2 Å². The molecule has 0 aromatic carbocycles. The number of nitrogens with one attached hydrogen (secondary N) is 1.